The van der Waals surface area contributed by atoms with Crippen LogP contribution in [0.1, 0.15) is 34.3 Å². The Morgan fingerprint density at radius 3 is 2.54 bits per heavy atom. The summed E-state index contributed by atoms with van der Waals surface area (Å²) in [6, 6.07) is 13.2. The first kappa shape index (κ1) is 16.7. The van der Waals surface area contributed by atoms with Crippen LogP contribution < -0.4 is 10.6 Å². The molecule has 5 heteroatoms. The Morgan fingerprint density at radius 2 is 1.75 bits per heavy atom. The van der Waals surface area contributed by atoms with E-state index >= 15 is 0 Å². The van der Waals surface area contributed by atoms with Crippen LogP contribution in [0, 0.1) is 0 Å². The second-order valence-corrected chi connectivity index (χ2v) is 6.81. The highest BCUT2D eigenvalue weighted by Crippen LogP contribution is 2.24. The molecule has 0 fully saturated rings. The van der Waals surface area contributed by atoms with Crippen molar-refractivity contribution in [2.24, 2.45) is 0 Å². The quantitative estimate of drug-likeness (QED) is 0.822. The number of carbonyl (C=O) groups excluding carboxylic acids is 2. The molecule has 2 aromatic carbocycles. The number of hydrogen-bond acceptors (Lipinski definition) is 2. The molecule has 2 N–H and O–H groups in total. The molecular formula is C19H19BrN2O2. The van der Waals surface area contributed by atoms with Crippen LogP contribution in [-0.2, 0) is 17.6 Å². The van der Waals surface area contributed by atoms with Gasteiger partial charge in [-0.1, -0.05) is 22.0 Å². The van der Waals surface area contributed by atoms with E-state index in [2.05, 4.69) is 38.7 Å². The van der Waals surface area contributed by atoms with Gasteiger partial charge in [0, 0.05) is 28.7 Å². The number of carbonyl (C=O) groups is 2. The highest BCUT2D eigenvalue weighted by Gasteiger charge is 2.12. The predicted octanol–water partition coefficient (Wildman–Crippen LogP) is 3.70. The van der Waals surface area contributed by atoms with Gasteiger partial charge in [0.25, 0.3) is 5.91 Å². The fourth-order valence-corrected chi connectivity index (χ4v) is 3.13. The average Bonchev–Trinajstić information content (AvgIpc) is 3.03. The maximum Gasteiger partial charge on any atom is 0.251 e. The molecule has 0 radical (unpaired) electrons. The Kier molecular flexibility index (Phi) is 5.30. The van der Waals surface area contributed by atoms with E-state index in [1.807, 2.05) is 18.2 Å². The van der Waals surface area contributed by atoms with Crippen molar-refractivity contribution in [2.45, 2.75) is 25.7 Å². The van der Waals surface area contributed by atoms with Crippen LogP contribution in [0.15, 0.2) is 46.9 Å². The summed E-state index contributed by atoms with van der Waals surface area (Å²) in [4.78, 5) is 24.0. The second kappa shape index (κ2) is 7.62. The van der Waals surface area contributed by atoms with Crippen LogP contribution in [0.2, 0.25) is 0 Å². The van der Waals surface area contributed by atoms with Gasteiger partial charge in [-0.05, 0) is 66.8 Å². The van der Waals surface area contributed by atoms with Gasteiger partial charge in [-0.3, -0.25) is 9.59 Å². The third-order valence-corrected chi connectivity index (χ3v) is 4.65. The van der Waals surface area contributed by atoms with Crippen molar-refractivity contribution in [1.82, 2.24) is 5.32 Å². The fourth-order valence-electron chi connectivity index (χ4n) is 2.87. The molecule has 0 unspecified atom stereocenters. The molecular weight excluding hydrogens is 368 g/mol. The number of nitrogens with one attached hydrogen (secondary N) is 2. The van der Waals surface area contributed by atoms with Gasteiger partial charge in [-0.25, -0.2) is 0 Å². The average molecular weight is 387 g/mol. The molecule has 0 spiro atoms. The molecule has 0 bridgehead atoms. The molecule has 124 valence electrons. The highest BCUT2D eigenvalue weighted by molar-refractivity contribution is 9.10. The lowest BCUT2D eigenvalue weighted by Gasteiger charge is -2.08. The number of benzene rings is 2. The summed E-state index contributed by atoms with van der Waals surface area (Å²) in [7, 11) is 0. The summed E-state index contributed by atoms with van der Waals surface area (Å²) in [5, 5.41) is 5.66. The third-order valence-electron chi connectivity index (χ3n) is 4.13. The Hall–Kier alpha value is -2.14. The van der Waals surface area contributed by atoms with E-state index in [9.17, 15) is 9.59 Å². The Labute approximate surface area is 149 Å². The van der Waals surface area contributed by atoms with Crippen molar-refractivity contribution in [3.8, 4) is 0 Å². The summed E-state index contributed by atoms with van der Waals surface area (Å²) in [5.41, 5.74) is 4.13. The van der Waals surface area contributed by atoms with Crippen LogP contribution in [0.25, 0.3) is 0 Å². The van der Waals surface area contributed by atoms with E-state index in [0.717, 1.165) is 23.0 Å². The first-order valence-electron chi connectivity index (χ1n) is 8.07. The number of fused-ring (bicyclic) bond motifs is 1. The Balaban J connectivity index is 1.45. The van der Waals surface area contributed by atoms with Gasteiger partial charge >= 0.3 is 0 Å². The maximum atomic E-state index is 12.0. The lowest BCUT2D eigenvalue weighted by atomic mass is 10.1. The van der Waals surface area contributed by atoms with Crippen LogP contribution in [0.3, 0.4) is 0 Å². The molecule has 0 saturated heterocycles. The van der Waals surface area contributed by atoms with Gasteiger partial charge in [0.2, 0.25) is 5.91 Å². The van der Waals surface area contributed by atoms with Gasteiger partial charge in [-0.15, -0.1) is 0 Å². The molecule has 0 saturated carbocycles. The molecule has 24 heavy (non-hydrogen) atoms. The minimum atomic E-state index is -0.173. The molecule has 0 aromatic heterocycles. The van der Waals surface area contributed by atoms with E-state index in [0.29, 0.717) is 12.1 Å². The van der Waals surface area contributed by atoms with Crippen LogP contribution in [-0.4, -0.2) is 18.4 Å². The zero-order chi connectivity index (χ0) is 16.9. The molecule has 0 aliphatic heterocycles. The SMILES string of the molecule is O=C(CCNC(=O)c1ccc(Br)cc1)Nc1ccc2c(c1)CCC2. The van der Waals surface area contributed by atoms with Crippen LogP contribution in [0.4, 0.5) is 5.69 Å². The molecule has 0 atom stereocenters. The van der Waals surface area contributed by atoms with E-state index in [1.165, 1.54) is 17.5 Å². The second-order valence-electron chi connectivity index (χ2n) is 5.90. The first-order chi connectivity index (χ1) is 11.6. The molecule has 1 aliphatic carbocycles. The topological polar surface area (TPSA) is 58.2 Å². The minimum absolute atomic E-state index is 0.0935. The van der Waals surface area contributed by atoms with Crippen molar-refractivity contribution in [3.05, 3.63) is 63.6 Å². The summed E-state index contributed by atoms with van der Waals surface area (Å²) < 4.78 is 0.924. The summed E-state index contributed by atoms with van der Waals surface area (Å²) in [6.45, 7) is 0.311. The molecule has 0 heterocycles. The molecule has 4 nitrogen and oxygen atoms in total. The number of amides is 2. The molecule has 1 aliphatic rings. The number of hydrogen-bond donors (Lipinski definition) is 2. The van der Waals surface area contributed by atoms with Gasteiger partial charge in [0.1, 0.15) is 0 Å². The normalized spacial score (nSPS) is 12.5. The summed E-state index contributed by atoms with van der Waals surface area (Å²) in [5.74, 6) is -0.267. The lowest BCUT2D eigenvalue weighted by Crippen LogP contribution is -2.27. The number of anilines is 1. The van der Waals surface area contributed by atoms with Gasteiger partial charge in [0.15, 0.2) is 0 Å². The van der Waals surface area contributed by atoms with Crippen molar-refractivity contribution in [1.29, 1.82) is 0 Å². The lowest BCUT2D eigenvalue weighted by molar-refractivity contribution is -0.116. The van der Waals surface area contributed by atoms with E-state index in [4.69, 9.17) is 0 Å². The standard InChI is InChI=1S/C19H19BrN2O2/c20-16-7-4-14(5-8-16)19(24)21-11-10-18(23)22-17-9-6-13-2-1-3-15(13)12-17/h4-9,12H,1-3,10-11H2,(H,21,24)(H,22,23). The number of halogens is 1. The predicted molar refractivity (Wildman–Crippen MR) is 98.2 cm³/mol. The van der Waals surface area contributed by atoms with E-state index < -0.39 is 0 Å². The fraction of sp³-hybridized carbons (Fsp3) is 0.263. The van der Waals surface area contributed by atoms with Crippen molar-refractivity contribution in [2.75, 3.05) is 11.9 Å². The van der Waals surface area contributed by atoms with Crippen LogP contribution in [0.5, 0.6) is 0 Å². The summed E-state index contributed by atoms with van der Waals surface area (Å²) in [6.07, 6.45) is 3.65. The summed E-state index contributed by atoms with van der Waals surface area (Å²) >= 11 is 3.33. The number of rotatable bonds is 5. The van der Waals surface area contributed by atoms with Crippen molar-refractivity contribution in [3.63, 3.8) is 0 Å². The zero-order valence-corrected chi connectivity index (χ0v) is 14.9. The molecule has 3 rings (SSSR count). The number of aryl methyl sites for hydroxylation is 2. The highest BCUT2D eigenvalue weighted by atomic mass is 79.9. The van der Waals surface area contributed by atoms with Gasteiger partial charge in [-0.2, -0.15) is 0 Å². The van der Waals surface area contributed by atoms with E-state index in [-0.39, 0.29) is 18.2 Å². The smallest absolute Gasteiger partial charge is 0.251 e. The Morgan fingerprint density at radius 1 is 1.00 bits per heavy atom. The molecule has 2 aromatic rings. The van der Waals surface area contributed by atoms with Gasteiger partial charge < -0.3 is 10.6 Å². The monoisotopic (exact) mass is 386 g/mol. The van der Waals surface area contributed by atoms with Crippen molar-refractivity contribution >= 4 is 33.4 Å². The Bertz CT molecular complexity index is 756. The zero-order valence-electron chi connectivity index (χ0n) is 13.3. The van der Waals surface area contributed by atoms with Crippen LogP contribution >= 0.6 is 15.9 Å². The van der Waals surface area contributed by atoms with Crippen molar-refractivity contribution < 1.29 is 9.59 Å². The minimum Gasteiger partial charge on any atom is -0.352 e. The largest absolute Gasteiger partial charge is 0.352 e. The first-order valence-corrected chi connectivity index (χ1v) is 8.86. The third kappa shape index (κ3) is 4.23. The van der Waals surface area contributed by atoms with Gasteiger partial charge in [0.05, 0.1) is 0 Å². The van der Waals surface area contributed by atoms with E-state index in [1.54, 1.807) is 12.1 Å². The molecule has 2 amide bonds. The maximum absolute atomic E-state index is 12.0.